The van der Waals surface area contributed by atoms with Crippen molar-refractivity contribution in [2.24, 2.45) is 0 Å². The van der Waals surface area contributed by atoms with Crippen LogP contribution in [0, 0.1) is 0 Å². The van der Waals surface area contributed by atoms with Crippen LogP contribution in [-0.4, -0.2) is 11.9 Å². The lowest BCUT2D eigenvalue weighted by atomic mass is 10.1. The van der Waals surface area contributed by atoms with Crippen LogP contribution in [0.15, 0.2) is 54.6 Å². The maximum absolute atomic E-state index is 12.4. The fourth-order valence-electron chi connectivity index (χ4n) is 2.21. The highest BCUT2D eigenvalue weighted by Crippen LogP contribution is 2.28. The van der Waals surface area contributed by atoms with E-state index in [0.717, 1.165) is 10.5 Å². The number of anilines is 1. The van der Waals surface area contributed by atoms with Crippen LogP contribution in [0.2, 0.25) is 5.02 Å². The Kier molecular flexibility index (Phi) is 3.16. The Bertz CT molecular complexity index is 673. The molecule has 5 heteroatoms. The standard InChI is InChI=1S/C15H11ClN2O2/c16-11-7-4-8-12(9-11)18-14(19)13(17-15(18)20)10-5-2-1-3-6-10/h1-9,13H,(H,17,20). The summed E-state index contributed by atoms with van der Waals surface area (Å²) in [7, 11) is 0. The molecule has 0 saturated carbocycles. The van der Waals surface area contributed by atoms with Crippen molar-refractivity contribution in [3.8, 4) is 0 Å². The van der Waals surface area contributed by atoms with Crippen LogP contribution in [0.4, 0.5) is 10.5 Å². The lowest BCUT2D eigenvalue weighted by molar-refractivity contribution is -0.118. The second-order valence-electron chi connectivity index (χ2n) is 4.45. The molecule has 1 aliphatic rings. The zero-order valence-electron chi connectivity index (χ0n) is 10.4. The summed E-state index contributed by atoms with van der Waals surface area (Å²) in [5.41, 5.74) is 1.23. The first-order valence-corrected chi connectivity index (χ1v) is 6.49. The van der Waals surface area contributed by atoms with Gasteiger partial charge in [0.1, 0.15) is 6.04 Å². The largest absolute Gasteiger partial charge is 0.329 e. The second-order valence-corrected chi connectivity index (χ2v) is 4.88. The zero-order valence-corrected chi connectivity index (χ0v) is 11.2. The molecule has 3 rings (SSSR count). The van der Waals surface area contributed by atoms with Gasteiger partial charge >= 0.3 is 6.03 Å². The molecule has 0 aliphatic carbocycles. The minimum Gasteiger partial charge on any atom is -0.321 e. The predicted octanol–water partition coefficient (Wildman–Crippen LogP) is 3.14. The SMILES string of the molecule is O=C1NC(c2ccccc2)C(=O)N1c1cccc(Cl)c1. The van der Waals surface area contributed by atoms with E-state index in [-0.39, 0.29) is 5.91 Å². The van der Waals surface area contributed by atoms with Gasteiger partial charge < -0.3 is 5.32 Å². The number of hydrogen-bond donors (Lipinski definition) is 1. The fourth-order valence-corrected chi connectivity index (χ4v) is 2.39. The van der Waals surface area contributed by atoms with E-state index in [1.807, 2.05) is 30.3 Å². The van der Waals surface area contributed by atoms with Crippen molar-refractivity contribution in [1.29, 1.82) is 0 Å². The molecule has 0 bridgehead atoms. The molecule has 1 saturated heterocycles. The smallest absolute Gasteiger partial charge is 0.321 e. The molecule has 0 spiro atoms. The second kappa shape index (κ2) is 4.98. The number of urea groups is 1. The summed E-state index contributed by atoms with van der Waals surface area (Å²) >= 11 is 5.90. The minimum atomic E-state index is -0.650. The van der Waals surface area contributed by atoms with Gasteiger partial charge in [0.05, 0.1) is 5.69 Å². The number of imide groups is 1. The van der Waals surface area contributed by atoms with Gasteiger partial charge in [-0.2, -0.15) is 0 Å². The molecule has 1 fully saturated rings. The lowest BCUT2D eigenvalue weighted by Gasteiger charge is -2.13. The number of rotatable bonds is 2. The van der Waals surface area contributed by atoms with Gasteiger partial charge in [-0.3, -0.25) is 4.79 Å². The van der Waals surface area contributed by atoms with Gasteiger partial charge in [0.25, 0.3) is 5.91 Å². The van der Waals surface area contributed by atoms with E-state index in [4.69, 9.17) is 11.6 Å². The van der Waals surface area contributed by atoms with Crippen molar-refractivity contribution < 1.29 is 9.59 Å². The molecular weight excluding hydrogens is 276 g/mol. The number of halogens is 1. The van der Waals surface area contributed by atoms with E-state index >= 15 is 0 Å². The average Bonchev–Trinajstić information content (AvgIpc) is 2.75. The molecule has 100 valence electrons. The van der Waals surface area contributed by atoms with Crippen molar-refractivity contribution in [3.05, 3.63) is 65.2 Å². The third-order valence-electron chi connectivity index (χ3n) is 3.14. The molecule has 1 N–H and O–H groups in total. The summed E-state index contributed by atoms with van der Waals surface area (Å²) in [6, 6.07) is 14.7. The molecule has 3 amide bonds. The Balaban J connectivity index is 1.95. The monoisotopic (exact) mass is 286 g/mol. The fraction of sp³-hybridized carbons (Fsp3) is 0.0667. The van der Waals surface area contributed by atoms with Crippen LogP contribution in [0.1, 0.15) is 11.6 Å². The number of hydrogen-bond acceptors (Lipinski definition) is 2. The number of nitrogens with zero attached hydrogens (tertiary/aromatic N) is 1. The molecule has 0 radical (unpaired) electrons. The summed E-state index contributed by atoms with van der Waals surface area (Å²) in [5.74, 6) is -0.302. The number of carbonyl (C=O) groups excluding carboxylic acids is 2. The molecule has 1 unspecified atom stereocenters. The molecular formula is C15H11ClN2O2. The van der Waals surface area contributed by atoms with Crippen molar-refractivity contribution in [3.63, 3.8) is 0 Å². The Hall–Kier alpha value is -2.33. The van der Waals surface area contributed by atoms with E-state index < -0.39 is 12.1 Å². The Morgan fingerprint density at radius 3 is 2.45 bits per heavy atom. The molecule has 20 heavy (non-hydrogen) atoms. The van der Waals surface area contributed by atoms with E-state index in [1.54, 1.807) is 24.3 Å². The Labute approximate surface area is 121 Å². The van der Waals surface area contributed by atoms with Crippen molar-refractivity contribution in [2.75, 3.05) is 4.90 Å². The Morgan fingerprint density at radius 2 is 1.75 bits per heavy atom. The number of carbonyl (C=O) groups is 2. The third-order valence-corrected chi connectivity index (χ3v) is 3.37. The maximum Gasteiger partial charge on any atom is 0.329 e. The first-order valence-electron chi connectivity index (χ1n) is 6.12. The highest BCUT2D eigenvalue weighted by atomic mass is 35.5. The highest BCUT2D eigenvalue weighted by molar-refractivity contribution is 6.31. The number of benzene rings is 2. The van der Waals surface area contributed by atoms with Gasteiger partial charge in [0.15, 0.2) is 0 Å². The molecule has 2 aromatic carbocycles. The predicted molar refractivity (Wildman–Crippen MR) is 76.7 cm³/mol. The lowest BCUT2D eigenvalue weighted by Crippen LogP contribution is -2.30. The van der Waals surface area contributed by atoms with Crippen LogP contribution in [0.5, 0.6) is 0 Å². The van der Waals surface area contributed by atoms with Gasteiger partial charge in [-0.15, -0.1) is 0 Å². The topological polar surface area (TPSA) is 49.4 Å². The summed E-state index contributed by atoms with van der Waals surface area (Å²) in [4.78, 5) is 25.6. The van der Waals surface area contributed by atoms with Crippen LogP contribution >= 0.6 is 11.6 Å². The van der Waals surface area contributed by atoms with Crippen LogP contribution < -0.4 is 10.2 Å². The number of nitrogens with one attached hydrogen (secondary N) is 1. The first-order chi connectivity index (χ1) is 9.66. The van der Waals surface area contributed by atoms with Crippen LogP contribution in [-0.2, 0) is 4.79 Å². The van der Waals surface area contributed by atoms with Gasteiger partial charge in [-0.05, 0) is 23.8 Å². The molecule has 1 aliphatic heterocycles. The van der Waals surface area contributed by atoms with Crippen molar-refractivity contribution in [2.45, 2.75) is 6.04 Å². The van der Waals surface area contributed by atoms with Crippen molar-refractivity contribution >= 4 is 29.2 Å². The average molecular weight is 287 g/mol. The highest BCUT2D eigenvalue weighted by Gasteiger charge is 2.39. The zero-order chi connectivity index (χ0) is 14.1. The Morgan fingerprint density at radius 1 is 1.00 bits per heavy atom. The molecule has 4 nitrogen and oxygen atoms in total. The van der Waals surface area contributed by atoms with Gasteiger partial charge in [0, 0.05) is 5.02 Å². The van der Waals surface area contributed by atoms with Gasteiger partial charge in [-0.1, -0.05) is 48.0 Å². The van der Waals surface area contributed by atoms with Crippen LogP contribution in [0.3, 0.4) is 0 Å². The molecule has 1 atom stereocenters. The summed E-state index contributed by atoms with van der Waals surface area (Å²) < 4.78 is 0. The molecule has 1 heterocycles. The number of amides is 3. The quantitative estimate of drug-likeness (QED) is 0.862. The van der Waals surface area contributed by atoms with Crippen LogP contribution in [0.25, 0.3) is 0 Å². The molecule has 2 aromatic rings. The summed E-state index contributed by atoms with van der Waals surface area (Å²) in [5, 5.41) is 3.16. The van der Waals surface area contributed by atoms with E-state index in [1.165, 1.54) is 0 Å². The minimum absolute atomic E-state index is 0.302. The van der Waals surface area contributed by atoms with E-state index in [9.17, 15) is 9.59 Å². The van der Waals surface area contributed by atoms with Gasteiger partial charge in [-0.25, -0.2) is 9.69 Å². The van der Waals surface area contributed by atoms with Gasteiger partial charge in [0.2, 0.25) is 0 Å². The first kappa shape index (κ1) is 12.7. The summed E-state index contributed by atoms with van der Waals surface area (Å²) in [6.45, 7) is 0. The summed E-state index contributed by atoms with van der Waals surface area (Å²) in [6.07, 6.45) is 0. The maximum atomic E-state index is 12.4. The van der Waals surface area contributed by atoms with E-state index in [0.29, 0.717) is 10.7 Å². The third kappa shape index (κ3) is 2.14. The molecule has 0 aromatic heterocycles. The van der Waals surface area contributed by atoms with E-state index in [2.05, 4.69) is 5.32 Å². The van der Waals surface area contributed by atoms with Crippen molar-refractivity contribution in [1.82, 2.24) is 5.32 Å². The normalized spacial score (nSPS) is 18.2.